The van der Waals surface area contributed by atoms with Crippen LogP contribution >= 0.6 is 81.2 Å². The van der Waals surface area contributed by atoms with Crippen molar-refractivity contribution in [2.24, 2.45) is 11.8 Å². The topological polar surface area (TPSA) is 12.5 Å². The Hall–Kier alpha value is 1.73. The van der Waals surface area contributed by atoms with Gasteiger partial charge in [-0.05, 0) is 0 Å². The number of epoxide rings is 1. The molecule has 0 amide bonds. The van der Waals surface area contributed by atoms with Crippen molar-refractivity contribution in [3.8, 4) is 0 Å². The van der Waals surface area contributed by atoms with Crippen LogP contribution in [0.2, 0.25) is 0 Å². The Labute approximate surface area is 139 Å². The first-order chi connectivity index (χ1) is 8.20. The minimum absolute atomic E-state index is 0.0608. The van der Waals surface area contributed by atoms with E-state index in [1.54, 1.807) is 0 Å². The van der Waals surface area contributed by atoms with Gasteiger partial charge in [0.1, 0.15) is 15.9 Å². The van der Waals surface area contributed by atoms with Crippen LogP contribution in [0.3, 0.4) is 0 Å². The monoisotopic (exact) mass is 386 g/mol. The molecule has 0 unspecified atom stereocenters. The van der Waals surface area contributed by atoms with Crippen LogP contribution in [0.15, 0.2) is 10.1 Å². The standard InChI is InChI=1S/C10H5Cl7O/c11-3-1-2(4-5(3)18-4)9(15)7(13)6(12)8(1,14)10(9,16)17/h1-5H/t1-,2-,3+,4+,5-,8+,9-/m0/s1. The van der Waals surface area contributed by atoms with Gasteiger partial charge < -0.3 is 4.74 Å². The van der Waals surface area contributed by atoms with Gasteiger partial charge in [-0.1, -0.05) is 46.4 Å². The molecule has 0 aromatic rings. The largest absolute Gasteiger partial charge is 0.368 e. The number of hydrogen-bond donors (Lipinski definition) is 0. The van der Waals surface area contributed by atoms with E-state index >= 15 is 0 Å². The number of fused-ring (bicyclic) bond motifs is 7. The smallest absolute Gasteiger partial charge is 0.166 e. The Morgan fingerprint density at radius 1 is 0.833 bits per heavy atom. The van der Waals surface area contributed by atoms with Gasteiger partial charge >= 0.3 is 0 Å². The molecule has 3 aliphatic carbocycles. The summed E-state index contributed by atoms with van der Waals surface area (Å²) in [7, 11) is 0. The molecule has 1 nitrogen and oxygen atoms in total. The summed E-state index contributed by atoms with van der Waals surface area (Å²) in [5.74, 6) is -0.457. The highest BCUT2D eigenvalue weighted by atomic mass is 35.5. The quantitative estimate of drug-likeness (QED) is 0.441. The van der Waals surface area contributed by atoms with Crippen molar-refractivity contribution in [1.29, 1.82) is 0 Å². The number of ether oxygens (including phenoxy) is 1. The van der Waals surface area contributed by atoms with Gasteiger partial charge in [0.15, 0.2) is 4.33 Å². The number of hydrogen-bond acceptors (Lipinski definition) is 1. The first-order valence-electron chi connectivity index (χ1n) is 5.32. The predicted molar refractivity (Wildman–Crippen MR) is 75.6 cm³/mol. The Bertz CT molecular complexity index is 476. The summed E-state index contributed by atoms with van der Waals surface area (Å²) in [6, 6.07) is 0. The minimum atomic E-state index is -1.50. The fourth-order valence-corrected chi connectivity index (χ4v) is 7.49. The van der Waals surface area contributed by atoms with E-state index in [1.165, 1.54) is 0 Å². The van der Waals surface area contributed by atoms with Crippen LogP contribution in [0.1, 0.15) is 0 Å². The van der Waals surface area contributed by atoms with Crippen molar-refractivity contribution < 1.29 is 4.74 Å². The van der Waals surface area contributed by atoms with Crippen molar-refractivity contribution in [3.63, 3.8) is 0 Å². The maximum atomic E-state index is 6.65. The van der Waals surface area contributed by atoms with E-state index in [1.807, 2.05) is 0 Å². The van der Waals surface area contributed by atoms with E-state index in [9.17, 15) is 0 Å². The molecule has 0 N–H and O–H groups in total. The van der Waals surface area contributed by atoms with Gasteiger partial charge in [0, 0.05) is 11.8 Å². The molecule has 8 heteroatoms. The van der Waals surface area contributed by atoms with Crippen LogP contribution in [0, 0.1) is 11.8 Å². The van der Waals surface area contributed by atoms with Gasteiger partial charge in [0.05, 0.1) is 21.5 Å². The van der Waals surface area contributed by atoms with E-state index < -0.39 is 14.1 Å². The molecule has 1 saturated heterocycles. The van der Waals surface area contributed by atoms with Gasteiger partial charge in [0.25, 0.3) is 0 Å². The Morgan fingerprint density at radius 2 is 1.33 bits per heavy atom. The van der Waals surface area contributed by atoms with Gasteiger partial charge in [-0.3, -0.25) is 0 Å². The number of alkyl halides is 5. The van der Waals surface area contributed by atoms with E-state index in [0.29, 0.717) is 0 Å². The second kappa shape index (κ2) is 3.38. The fourth-order valence-electron chi connectivity index (χ4n) is 3.80. The summed E-state index contributed by atoms with van der Waals surface area (Å²) in [4.78, 5) is -2.48. The third kappa shape index (κ3) is 1.02. The third-order valence-corrected chi connectivity index (χ3v) is 9.44. The normalized spacial score (nSPS) is 63.2. The zero-order valence-electron chi connectivity index (χ0n) is 8.44. The van der Waals surface area contributed by atoms with Crippen LogP contribution in [-0.4, -0.2) is 31.7 Å². The average Bonchev–Trinajstić information content (AvgIpc) is 2.98. The van der Waals surface area contributed by atoms with Crippen LogP contribution in [0.25, 0.3) is 0 Å². The second-order valence-corrected chi connectivity index (χ2v) is 8.97. The van der Waals surface area contributed by atoms with E-state index in [4.69, 9.17) is 85.9 Å². The Morgan fingerprint density at radius 3 is 1.89 bits per heavy atom. The van der Waals surface area contributed by atoms with Crippen molar-refractivity contribution in [2.45, 2.75) is 31.7 Å². The lowest BCUT2D eigenvalue weighted by Gasteiger charge is -2.35. The molecule has 0 aromatic carbocycles. The maximum absolute atomic E-state index is 6.65. The van der Waals surface area contributed by atoms with Gasteiger partial charge in [0.2, 0.25) is 0 Å². The SMILES string of the molecule is ClC1=C(Cl)[C@]2(Cl)[C@@H]3[C@@H](Cl)[C@@H]4O[C@@H]4[C@H]3[C@@]1(Cl)C2(Cl)Cl. The minimum Gasteiger partial charge on any atom is -0.368 e. The lowest BCUT2D eigenvalue weighted by atomic mass is 9.83. The summed E-state index contributed by atoms with van der Waals surface area (Å²) >= 11 is 45.0. The molecule has 0 aromatic heterocycles. The fraction of sp³-hybridized carbons (Fsp3) is 0.800. The summed E-state index contributed by atoms with van der Waals surface area (Å²) in [6.45, 7) is 0. The average molecular weight is 389 g/mol. The molecular weight excluding hydrogens is 384 g/mol. The van der Waals surface area contributed by atoms with E-state index in [0.717, 1.165) is 0 Å². The molecule has 0 radical (unpaired) electrons. The van der Waals surface area contributed by atoms with Crippen LogP contribution in [-0.2, 0) is 4.74 Å². The molecule has 4 aliphatic rings. The lowest BCUT2D eigenvalue weighted by Crippen LogP contribution is -2.46. The summed E-state index contributed by atoms with van der Waals surface area (Å²) in [5.41, 5.74) is 0. The van der Waals surface area contributed by atoms with E-state index in [2.05, 4.69) is 0 Å². The summed E-state index contributed by atoms with van der Waals surface area (Å²) in [5, 5.41) is 0.111. The van der Waals surface area contributed by atoms with Crippen molar-refractivity contribution in [2.75, 3.05) is 0 Å². The number of allylic oxidation sites excluding steroid dienone is 2. The number of rotatable bonds is 0. The molecular formula is C10H5Cl7O. The van der Waals surface area contributed by atoms with Crippen LogP contribution < -0.4 is 0 Å². The van der Waals surface area contributed by atoms with Crippen molar-refractivity contribution in [1.82, 2.24) is 0 Å². The Kier molecular flexibility index (Phi) is 2.52. The van der Waals surface area contributed by atoms with Gasteiger partial charge in [-0.2, -0.15) is 0 Å². The lowest BCUT2D eigenvalue weighted by molar-refractivity contribution is 0.204. The third-order valence-electron chi connectivity index (χ3n) is 4.62. The molecule has 4 rings (SSSR count). The first kappa shape index (κ1) is 13.4. The highest BCUT2D eigenvalue weighted by Crippen LogP contribution is 2.81. The molecule has 7 atom stereocenters. The molecule has 1 aliphatic heterocycles. The molecule has 1 heterocycles. The molecule has 0 spiro atoms. The zero-order valence-corrected chi connectivity index (χ0v) is 13.7. The van der Waals surface area contributed by atoms with Gasteiger partial charge in [-0.25, -0.2) is 0 Å². The van der Waals surface area contributed by atoms with Crippen LogP contribution in [0.5, 0.6) is 0 Å². The molecule has 100 valence electrons. The molecule has 3 fully saturated rings. The summed E-state index contributed by atoms with van der Waals surface area (Å²) in [6.07, 6.45) is -0.152. The van der Waals surface area contributed by atoms with E-state index in [-0.39, 0.29) is 39.5 Å². The highest BCUT2D eigenvalue weighted by Gasteiger charge is 2.89. The van der Waals surface area contributed by atoms with Crippen LogP contribution in [0.4, 0.5) is 0 Å². The zero-order chi connectivity index (χ0) is 13.2. The Balaban J connectivity index is 2.01. The molecule has 18 heavy (non-hydrogen) atoms. The first-order valence-corrected chi connectivity index (χ1v) is 8.02. The van der Waals surface area contributed by atoms with Gasteiger partial charge in [-0.15, -0.1) is 34.8 Å². The predicted octanol–water partition coefficient (Wildman–Crippen LogP) is 4.45. The number of halogens is 7. The highest BCUT2D eigenvalue weighted by molar-refractivity contribution is 6.66. The molecule has 2 bridgehead atoms. The maximum Gasteiger partial charge on any atom is 0.166 e. The van der Waals surface area contributed by atoms with Crippen molar-refractivity contribution >= 4 is 81.2 Å². The second-order valence-electron chi connectivity index (χ2n) is 5.19. The van der Waals surface area contributed by atoms with Crippen molar-refractivity contribution in [3.05, 3.63) is 10.1 Å². The summed E-state index contributed by atoms with van der Waals surface area (Å²) < 4.78 is 4.00. The molecule has 2 saturated carbocycles.